The number of nitrogens with zero attached hydrogens (tertiary/aromatic N) is 4. The van der Waals surface area contributed by atoms with Crippen LogP contribution in [0.4, 0.5) is 5.82 Å². The van der Waals surface area contributed by atoms with Crippen LogP contribution in [-0.2, 0) is 4.74 Å². The van der Waals surface area contributed by atoms with Gasteiger partial charge in [-0.2, -0.15) is 0 Å². The molecule has 3 rings (SSSR count). The molecule has 0 unspecified atom stereocenters. The van der Waals surface area contributed by atoms with Gasteiger partial charge >= 0.3 is 0 Å². The molecule has 0 atom stereocenters. The van der Waals surface area contributed by atoms with E-state index in [-0.39, 0.29) is 5.60 Å². The third kappa shape index (κ3) is 2.65. The summed E-state index contributed by atoms with van der Waals surface area (Å²) in [5.41, 5.74) is 2.05. The van der Waals surface area contributed by atoms with Gasteiger partial charge in [-0.3, -0.25) is 4.98 Å². The fraction of sp³-hybridized carbons (Fsp3) is 0.733. The summed E-state index contributed by atoms with van der Waals surface area (Å²) in [6.45, 7) is 8.91. The summed E-state index contributed by atoms with van der Waals surface area (Å²) >= 11 is 0. The van der Waals surface area contributed by atoms with Crippen molar-refractivity contribution < 1.29 is 4.74 Å². The monoisotopic (exact) mass is 276 g/mol. The molecule has 0 bridgehead atoms. The van der Waals surface area contributed by atoms with Crippen LogP contribution in [0.2, 0.25) is 0 Å². The Morgan fingerprint density at radius 3 is 2.60 bits per heavy atom. The van der Waals surface area contributed by atoms with E-state index >= 15 is 0 Å². The largest absolute Gasteiger partial charge is 0.371 e. The minimum Gasteiger partial charge on any atom is -0.371 e. The Morgan fingerprint density at radius 2 is 1.90 bits per heavy atom. The highest BCUT2D eigenvalue weighted by atomic mass is 16.5. The first-order chi connectivity index (χ1) is 9.58. The van der Waals surface area contributed by atoms with Gasteiger partial charge in [-0.15, -0.1) is 0 Å². The molecule has 0 saturated carbocycles. The molecule has 0 aromatic carbocycles. The molecule has 0 radical (unpaired) electrons. The van der Waals surface area contributed by atoms with E-state index in [1.165, 1.54) is 0 Å². The number of ether oxygens (including phenoxy) is 1. The zero-order chi connectivity index (χ0) is 14.2. The van der Waals surface area contributed by atoms with Crippen molar-refractivity contribution in [1.29, 1.82) is 0 Å². The third-order valence-electron chi connectivity index (χ3n) is 4.65. The van der Waals surface area contributed by atoms with Gasteiger partial charge in [-0.05, 0) is 33.7 Å². The first-order valence-electron chi connectivity index (χ1n) is 7.46. The smallest absolute Gasteiger partial charge is 0.147 e. The number of morpholine rings is 1. The summed E-state index contributed by atoms with van der Waals surface area (Å²) in [6.07, 6.45) is 4.12. The Hall–Kier alpha value is -1.20. The van der Waals surface area contributed by atoms with Crippen molar-refractivity contribution >= 4 is 5.82 Å². The minimum atomic E-state index is 0.0191. The molecule has 20 heavy (non-hydrogen) atoms. The third-order valence-corrected chi connectivity index (χ3v) is 4.65. The lowest BCUT2D eigenvalue weighted by atomic mass is 9.89. The Kier molecular flexibility index (Phi) is 3.65. The van der Waals surface area contributed by atoms with E-state index in [9.17, 15) is 0 Å². The lowest BCUT2D eigenvalue weighted by molar-refractivity contribution is -0.0884. The molecule has 3 heterocycles. The van der Waals surface area contributed by atoms with Crippen molar-refractivity contribution in [1.82, 2.24) is 14.9 Å². The molecule has 2 aliphatic rings. The summed E-state index contributed by atoms with van der Waals surface area (Å²) in [7, 11) is 2.18. The van der Waals surface area contributed by atoms with Gasteiger partial charge in [0.2, 0.25) is 0 Å². The Balaban J connectivity index is 1.76. The van der Waals surface area contributed by atoms with Crippen LogP contribution >= 0.6 is 0 Å². The number of piperidine rings is 1. The van der Waals surface area contributed by atoms with Crippen molar-refractivity contribution in [3.63, 3.8) is 0 Å². The first-order valence-corrected chi connectivity index (χ1v) is 7.46. The van der Waals surface area contributed by atoms with Crippen molar-refractivity contribution in [3.05, 3.63) is 17.6 Å². The van der Waals surface area contributed by atoms with Gasteiger partial charge in [-0.25, -0.2) is 4.98 Å². The molecular formula is C15H24N4O. The van der Waals surface area contributed by atoms with E-state index in [1.54, 1.807) is 0 Å². The van der Waals surface area contributed by atoms with Crippen LogP contribution in [0.3, 0.4) is 0 Å². The fourth-order valence-electron chi connectivity index (χ4n) is 3.05. The number of likely N-dealkylation sites (tertiary alicyclic amines) is 1. The highest BCUT2D eigenvalue weighted by molar-refractivity contribution is 5.39. The summed E-state index contributed by atoms with van der Waals surface area (Å²) in [6, 6.07) is 0. The highest BCUT2D eigenvalue weighted by Crippen LogP contribution is 2.31. The van der Waals surface area contributed by atoms with Gasteiger partial charge < -0.3 is 14.5 Å². The Bertz CT molecular complexity index is 483. The van der Waals surface area contributed by atoms with E-state index in [4.69, 9.17) is 4.74 Å². The lowest BCUT2D eigenvalue weighted by Gasteiger charge is -2.47. The molecule has 1 aromatic rings. The van der Waals surface area contributed by atoms with E-state index in [0.717, 1.165) is 62.8 Å². The second-order valence-electron chi connectivity index (χ2n) is 6.16. The van der Waals surface area contributed by atoms with Crippen molar-refractivity contribution in [2.24, 2.45) is 0 Å². The maximum absolute atomic E-state index is 6.14. The number of rotatable bonds is 1. The van der Waals surface area contributed by atoms with E-state index < -0.39 is 0 Å². The summed E-state index contributed by atoms with van der Waals surface area (Å²) in [4.78, 5) is 13.9. The molecule has 5 nitrogen and oxygen atoms in total. The summed E-state index contributed by atoms with van der Waals surface area (Å²) in [5.74, 6) is 0.995. The predicted octanol–water partition coefficient (Wildman–Crippen LogP) is 1.39. The quantitative estimate of drug-likeness (QED) is 0.775. The SMILES string of the molecule is Cc1ncc(N2CCOC3(CCN(C)CC3)C2)nc1C. The molecule has 1 spiro atoms. The number of hydrogen-bond donors (Lipinski definition) is 0. The second kappa shape index (κ2) is 5.30. The maximum Gasteiger partial charge on any atom is 0.147 e. The van der Waals surface area contributed by atoms with Crippen molar-refractivity contribution in [3.8, 4) is 0 Å². The molecule has 2 saturated heterocycles. The topological polar surface area (TPSA) is 41.5 Å². The average molecular weight is 276 g/mol. The molecule has 2 fully saturated rings. The van der Waals surface area contributed by atoms with Gasteiger partial charge in [-0.1, -0.05) is 0 Å². The number of aryl methyl sites for hydroxylation is 2. The van der Waals surface area contributed by atoms with Gasteiger partial charge in [0.05, 0.1) is 29.8 Å². The van der Waals surface area contributed by atoms with Crippen LogP contribution in [0.5, 0.6) is 0 Å². The minimum absolute atomic E-state index is 0.0191. The van der Waals surface area contributed by atoms with Crippen molar-refractivity contribution in [2.75, 3.05) is 44.7 Å². The number of aromatic nitrogens is 2. The molecule has 0 amide bonds. The second-order valence-corrected chi connectivity index (χ2v) is 6.16. The van der Waals surface area contributed by atoms with E-state index in [0.29, 0.717) is 0 Å². The molecule has 2 aliphatic heterocycles. The summed E-state index contributed by atoms with van der Waals surface area (Å²) in [5, 5.41) is 0. The van der Waals surface area contributed by atoms with Crippen LogP contribution in [0.25, 0.3) is 0 Å². The lowest BCUT2D eigenvalue weighted by Crippen LogP contribution is -2.56. The number of anilines is 1. The molecular weight excluding hydrogens is 252 g/mol. The normalized spacial score (nSPS) is 23.2. The first kappa shape index (κ1) is 13.8. The zero-order valence-corrected chi connectivity index (χ0v) is 12.7. The van der Waals surface area contributed by atoms with Gasteiger partial charge in [0.15, 0.2) is 0 Å². The highest BCUT2D eigenvalue weighted by Gasteiger charge is 2.39. The fourth-order valence-corrected chi connectivity index (χ4v) is 3.05. The van der Waals surface area contributed by atoms with Crippen LogP contribution in [0, 0.1) is 13.8 Å². The van der Waals surface area contributed by atoms with E-state index in [2.05, 4.69) is 26.8 Å². The Morgan fingerprint density at radius 1 is 1.15 bits per heavy atom. The van der Waals surface area contributed by atoms with Crippen LogP contribution in [0.15, 0.2) is 6.20 Å². The predicted molar refractivity (Wildman–Crippen MR) is 79.1 cm³/mol. The van der Waals surface area contributed by atoms with Crippen molar-refractivity contribution in [2.45, 2.75) is 32.3 Å². The summed E-state index contributed by atoms with van der Waals surface area (Å²) < 4.78 is 6.14. The van der Waals surface area contributed by atoms with Crippen LogP contribution in [-0.4, -0.2) is 60.3 Å². The van der Waals surface area contributed by atoms with Crippen LogP contribution in [0.1, 0.15) is 24.2 Å². The molecule has 1 aromatic heterocycles. The Labute approximate surface area is 121 Å². The molecule has 0 N–H and O–H groups in total. The van der Waals surface area contributed by atoms with E-state index in [1.807, 2.05) is 20.0 Å². The number of hydrogen-bond acceptors (Lipinski definition) is 5. The van der Waals surface area contributed by atoms with Crippen LogP contribution < -0.4 is 4.90 Å². The van der Waals surface area contributed by atoms with Gasteiger partial charge in [0.25, 0.3) is 0 Å². The van der Waals surface area contributed by atoms with Gasteiger partial charge in [0, 0.05) is 26.2 Å². The maximum atomic E-state index is 6.14. The molecule has 110 valence electrons. The molecule has 5 heteroatoms. The molecule has 0 aliphatic carbocycles. The zero-order valence-electron chi connectivity index (χ0n) is 12.7. The van der Waals surface area contributed by atoms with Gasteiger partial charge in [0.1, 0.15) is 5.82 Å². The standard InChI is InChI=1S/C15H24N4O/c1-12-13(2)17-14(10-16-12)19-8-9-20-15(11-19)4-6-18(3)7-5-15/h10H,4-9,11H2,1-3H3. The average Bonchev–Trinajstić information content (AvgIpc) is 2.46.